The molecule has 2 aromatic rings. The van der Waals surface area contributed by atoms with E-state index in [1.165, 1.54) is 17.3 Å². The van der Waals surface area contributed by atoms with Gasteiger partial charge in [0.25, 0.3) is 5.91 Å². The van der Waals surface area contributed by atoms with Gasteiger partial charge in [-0.2, -0.15) is 0 Å². The molecule has 1 aromatic heterocycles. The number of fused-ring (bicyclic) bond motifs is 1. The highest BCUT2D eigenvalue weighted by molar-refractivity contribution is 6.33. The molecule has 0 radical (unpaired) electrons. The number of nitrogens with one attached hydrogen (secondary N) is 2. The molecular weight excluding hydrogens is 262 g/mol. The molecule has 1 aliphatic rings. The molecule has 0 aliphatic carbocycles. The van der Waals surface area contributed by atoms with Crippen LogP contribution in [0.15, 0.2) is 36.7 Å². The third kappa shape index (κ3) is 2.45. The van der Waals surface area contributed by atoms with Gasteiger partial charge >= 0.3 is 0 Å². The highest BCUT2D eigenvalue weighted by atomic mass is 35.5. The third-order valence-corrected chi connectivity index (χ3v) is 3.45. The number of halogens is 1. The molecule has 2 heterocycles. The van der Waals surface area contributed by atoms with Crippen molar-refractivity contribution < 1.29 is 4.79 Å². The van der Waals surface area contributed by atoms with E-state index in [0.717, 1.165) is 13.1 Å². The Hall–Kier alpha value is -1.91. The Balaban J connectivity index is 1.83. The number of carbonyl (C=O) groups excluding carboxylic acids is 1. The zero-order valence-corrected chi connectivity index (χ0v) is 10.9. The maximum Gasteiger partial charge on any atom is 0.255 e. The summed E-state index contributed by atoms with van der Waals surface area (Å²) < 4.78 is 0. The van der Waals surface area contributed by atoms with Crippen LogP contribution in [0.1, 0.15) is 21.5 Å². The maximum atomic E-state index is 12.1. The summed E-state index contributed by atoms with van der Waals surface area (Å²) in [7, 11) is 0. The summed E-state index contributed by atoms with van der Waals surface area (Å²) in [5, 5.41) is 6.49. The van der Waals surface area contributed by atoms with Gasteiger partial charge in [0.15, 0.2) is 0 Å². The van der Waals surface area contributed by atoms with Gasteiger partial charge in [-0.1, -0.05) is 17.7 Å². The summed E-state index contributed by atoms with van der Waals surface area (Å²) in [5.74, 6) is -0.176. The lowest BCUT2D eigenvalue weighted by Crippen LogP contribution is -2.12. The van der Waals surface area contributed by atoms with Gasteiger partial charge in [0.05, 0.1) is 16.9 Å². The predicted molar refractivity (Wildman–Crippen MR) is 74.2 cm³/mol. The van der Waals surface area contributed by atoms with Gasteiger partial charge in [-0.15, -0.1) is 0 Å². The van der Waals surface area contributed by atoms with Crippen LogP contribution in [0.4, 0.5) is 5.69 Å². The number of nitrogens with zero attached hydrogens (tertiary/aromatic N) is 1. The van der Waals surface area contributed by atoms with Crippen LogP contribution in [-0.4, -0.2) is 10.9 Å². The average molecular weight is 274 g/mol. The van der Waals surface area contributed by atoms with Gasteiger partial charge in [0.1, 0.15) is 0 Å². The fraction of sp³-hybridized carbons (Fsp3) is 0.143. The molecule has 0 saturated carbocycles. The number of hydrogen-bond acceptors (Lipinski definition) is 3. The number of aromatic nitrogens is 1. The van der Waals surface area contributed by atoms with Gasteiger partial charge in [0, 0.05) is 24.8 Å². The molecule has 3 rings (SSSR count). The van der Waals surface area contributed by atoms with Gasteiger partial charge in [-0.3, -0.25) is 9.78 Å². The predicted octanol–water partition coefficient (Wildman–Crippen LogP) is 2.59. The van der Waals surface area contributed by atoms with Crippen LogP contribution < -0.4 is 10.6 Å². The van der Waals surface area contributed by atoms with Crippen molar-refractivity contribution in [2.45, 2.75) is 13.1 Å². The van der Waals surface area contributed by atoms with Crippen LogP contribution in [0.25, 0.3) is 0 Å². The van der Waals surface area contributed by atoms with Gasteiger partial charge < -0.3 is 10.6 Å². The topological polar surface area (TPSA) is 54.0 Å². The molecule has 2 N–H and O–H groups in total. The number of benzene rings is 1. The molecule has 96 valence electrons. The largest absolute Gasteiger partial charge is 0.319 e. The van der Waals surface area contributed by atoms with Crippen LogP contribution >= 0.6 is 11.6 Å². The van der Waals surface area contributed by atoms with E-state index in [1.807, 2.05) is 18.2 Å². The minimum Gasteiger partial charge on any atom is -0.319 e. The molecule has 0 bridgehead atoms. The normalized spacial score (nSPS) is 13.1. The smallest absolute Gasteiger partial charge is 0.255 e. The van der Waals surface area contributed by atoms with Crippen LogP contribution in [0.5, 0.6) is 0 Å². The second-order valence-electron chi connectivity index (χ2n) is 4.40. The van der Waals surface area contributed by atoms with E-state index in [0.29, 0.717) is 16.3 Å². The molecule has 1 aliphatic heterocycles. The SMILES string of the molecule is O=C(Nc1cnccc1Cl)c1ccc2c(c1)CNC2. The Labute approximate surface area is 115 Å². The molecule has 0 fully saturated rings. The van der Waals surface area contributed by atoms with Crippen LogP contribution in [-0.2, 0) is 13.1 Å². The second kappa shape index (κ2) is 4.99. The van der Waals surface area contributed by atoms with Crippen molar-refractivity contribution in [1.29, 1.82) is 0 Å². The third-order valence-electron chi connectivity index (χ3n) is 3.12. The van der Waals surface area contributed by atoms with Crippen molar-refractivity contribution in [2.75, 3.05) is 5.32 Å². The highest BCUT2D eigenvalue weighted by Crippen LogP contribution is 2.21. The molecule has 1 aromatic carbocycles. The minimum absolute atomic E-state index is 0.176. The summed E-state index contributed by atoms with van der Waals surface area (Å²) in [4.78, 5) is 16.1. The Morgan fingerprint density at radius 1 is 1.26 bits per heavy atom. The number of rotatable bonds is 2. The average Bonchev–Trinajstić information content (AvgIpc) is 2.88. The Morgan fingerprint density at radius 2 is 2.11 bits per heavy atom. The van der Waals surface area contributed by atoms with E-state index in [9.17, 15) is 4.79 Å². The summed E-state index contributed by atoms with van der Waals surface area (Å²) in [5.41, 5.74) is 3.57. The summed E-state index contributed by atoms with van der Waals surface area (Å²) in [6.45, 7) is 1.68. The monoisotopic (exact) mass is 273 g/mol. The van der Waals surface area contributed by atoms with Crippen LogP contribution in [0.3, 0.4) is 0 Å². The van der Waals surface area contributed by atoms with Gasteiger partial charge in [-0.25, -0.2) is 0 Å². The van der Waals surface area contributed by atoms with E-state index < -0.39 is 0 Å². The van der Waals surface area contributed by atoms with Gasteiger partial charge in [-0.05, 0) is 29.3 Å². The fourth-order valence-corrected chi connectivity index (χ4v) is 2.25. The highest BCUT2D eigenvalue weighted by Gasteiger charge is 2.14. The Morgan fingerprint density at radius 3 is 2.95 bits per heavy atom. The summed E-state index contributed by atoms with van der Waals surface area (Å²) in [6.07, 6.45) is 3.12. The van der Waals surface area contributed by atoms with Crippen molar-refractivity contribution in [3.05, 3.63) is 58.4 Å². The van der Waals surface area contributed by atoms with E-state index in [4.69, 9.17) is 11.6 Å². The molecular formula is C14H12ClN3O. The molecule has 19 heavy (non-hydrogen) atoms. The molecule has 1 amide bonds. The fourth-order valence-electron chi connectivity index (χ4n) is 2.10. The molecule has 5 heteroatoms. The minimum atomic E-state index is -0.176. The van der Waals surface area contributed by atoms with E-state index in [2.05, 4.69) is 15.6 Å². The Kier molecular flexibility index (Phi) is 3.19. The van der Waals surface area contributed by atoms with E-state index >= 15 is 0 Å². The second-order valence-corrected chi connectivity index (χ2v) is 4.80. The van der Waals surface area contributed by atoms with E-state index in [-0.39, 0.29) is 5.91 Å². The number of carbonyl (C=O) groups is 1. The number of amides is 1. The Bertz CT molecular complexity index is 642. The lowest BCUT2D eigenvalue weighted by Gasteiger charge is -2.07. The summed E-state index contributed by atoms with van der Waals surface area (Å²) in [6, 6.07) is 7.36. The number of anilines is 1. The van der Waals surface area contributed by atoms with Crippen molar-refractivity contribution in [2.24, 2.45) is 0 Å². The maximum absolute atomic E-state index is 12.1. The molecule has 0 spiro atoms. The lowest BCUT2D eigenvalue weighted by atomic mass is 10.1. The molecule has 0 atom stereocenters. The van der Waals surface area contributed by atoms with Crippen LogP contribution in [0.2, 0.25) is 5.02 Å². The molecule has 0 saturated heterocycles. The quantitative estimate of drug-likeness (QED) is 0.884. The first-order valence-electron chi connectivity index (χ1n) is 5.97. The van der Waals surface area contributed by atoms with Crippen molar-refractivity contribution in [3.8, 4) is 0 Å². The zero-order valence-electron chi connectivity index (χ0n) is 10.1. The zero-order chi connectivity index (χ0) is 13.2. The van der Waals surface area contributed by atoms with Gasteiger partial charge in [0.2, 0.25) is 0 Å². The molecule has 4 nitrogen and oxygen atoms in total. The standard InChI is InChI=1S/C14H12ClN3O/c15-12-3-4-16-8-13(12)18-14(19)9-1-2-10-6-17-7-11(10)5-9/h1-5,8,17H,6-7H2,(H,18,19). The first-order chi connectivity index (χ1) is 9.24. The molecule has 0 unspecified atom stereocenters. The van der Waals surface area contributed by atoms with Crippen molar-refractivity contribution in [3.63, 3.8) is 0 Å². The van der Waals surface area contributed by atoms with Crippen molar-refractivity contribution >= 4 is 23.2 Å². The van der Waals surface area contributed by atoms with E-state index in [1.54, 1.807) is 12.3 Å². The first-order valence-corrected chi connectivity index (χ1v) is 6.35. The van der Waals surface area contributed by atoms with Crippen LogP contribution in [0, 0.1) is 0 Å². The van der Waals surface area contributed by atoms with Crippen molar-refractivity contribution in [1.82, 2.24) is 10.3 Å². The number of hydrogen-bond donors (Lipinski definition) is 2. The first kappa shape index (κ1) is 12.1. The lowest BCUT2D eigenvalue weighted by molar-refractivity contribution is 0.102. The number of pyridine rings is 1. The summed E-state index contributed by atoms with van der Waals surface area (Å²) >= 11 is 5.98.